The van der Waals surface area contributed by atoms with Crippen LogP contribution in [-0.4, -0.2) is 29.9 Å². The van der Waals surface area contributed by atoms with E-state index in [0.717, 1.165) is 25.0 Å². The number of nitrogens with zero attached hydrogens (tertiary/aromatic N) is 1. The first-order valence-corrected chi connectivity index (χ1v) is 7.62. The normalized spacial score (nSPS) is 13.6. The minimum Gasteiger partial charge on any atom is -0.483 e. The Morgan fingerprint density at radius 1 is 1.41 bits per heavy atom. The Morgan fingerprint density at radius 2 is 2.18 bits per heavy atom. The van der Waals surface area contributed by atoms with Crippen molar-refractivity contribution >= 4 is 23.4 Å². The number of hydrogen-bond donors (Lipinski definition) is 1. The zero-order valence-electron chi connectivity index (χ0n) is 12.5. The molecule has 5 nitrogen and oxygen atoms in total. The van der Waals surface area contributed by atoms with Crippen LogP contribution >= 0.6 is 11.6 Å². The van der Waals surface area contributed by atoms with Gasteiger partial charge in [-0.25, -0.2) is 0 Å². The van der Waals surface area contributed by atoms with E-state index < -0.39 is 5.91 Å². The van der Waals surface area contributed by atoms with E-state index in [2.05, 4.69) is 6.08 Å². The molecule has 0 saturated carbocycles. The molecule has 2 N–H and O–H groups in total. The van der Waals surface area contributed by atoms with Crippen molar-refractivity contribution < 1.29 is 14.3 Å². The molecule has 6 heteroatoms. The van der Waals surface area contributed by atoms with E-state index in [1.807, 2.05) is 6.92 Å². The molecule has 1 aromatic rings. The lowest BCUT2D eigenvalue weighted by Gasteiger charge is -2.22. The van der Waals surface area contributed by atoms with Crippen LogP contribution in [-0.2, 0) is 4.79 Å². The summed E-state index contributed by atoms with van der Waals surface area (Å²) in [6.07, 6.45) is 5.07. The molecule has 0 unspecified atom stereocenters. The van der Waals surface area contributed by atoms with Crippen LogP contribution in [0.4, 0.5) is 0 Å². The molecule has 0 heterocycles. The number of ether oxygens (including phenoxy) is 1. The Labute approximate surface area is 134 Å². The van der Waals surface area contributed by atoms with Crippen molar-refractivity contribution in [2.75, 3.05) is 13.2 Å². The smallest absolute Gasteiger partial charge is 0.264 e. The molecule has 0 fully saturated rings. The highest BCUT2D eigenvalue weighted by molar-refractivity contribution is 6.31. The standard InChI is InChI=1S/C16H19ClN2O3/c1-2-19(12-5-3-4-6-12)15(20)10-22-14-8-7-11(17)9-13(14)16(18)21/h5,7-9H,2-4,6,10H2,1H3,(H2,18,21). The van der Waals surface area contributed by atoms with Crippen LogP contribution in [0.2, 0.25) is 5.02 Å². The molecule has 118 valence electrons. The van der Waals surface area contributed by atoms with Gasteiger partial charge in [-0.15, -0.1) is 0 Å². The summed E-state index contributed by atoms with van der Waals surface area (Å²) < 4.78 is 5.48. The fourth-order valence-corrected chi connectivity index (χ4v) is 2.65. The molecule has 1 aliphatic rings. The van der Waals surface area contributed by atoms with Crippen LogP contribution in [0.5, 0.6) is 5.75 Å². The maximum absolute atomic E-state index is 12.3. The van der Waals surface area contributed by atoms with Crippen LogP contribution in [0.1, 0.15) is 36.5 Å². The third-order valence-electron chi connectivity index (χ3n) is 3.54. The van der Waals surface area contributed by atoms with Gasteiger partial charge in [0.2, 0.25) is 0 Å². The highest BCUT2D eigenvalue weighted by atomic mass is 35.5. The van der Waals surface area contributed by atoms with Crippen LogP contribution in [0, 0.1) is 0 Å². The summed E-state index contributed by atoms with van der Waals surface area (Å²) in [4.78, 5) is 25.4. The van der Waals surface area contributed by atoms with Gasteiger partial charge < -0.3 is 15.4 Å². The fraction of sp³-hybridized carbons (Fsp3) is 0.375. The zero-order valence-corrected chi connectivity index (χ0v) is 13.2. The number of allylic oxidation sites excluding steroid dienone is 2. The summed E-state index contributed by atoms with van der Waals surface area (Å²) in [5, 5.41) is 0.388. The largest absolute Gasteiger partial charge is 0.483 e. The first-order chi connectivity index (χ1) is 10.5. The van der Waals surface area contributed by atoms with E-state index >= 15 is 0 Å². The molecule has 0 saturated heterocycles. The molecule has 0 aromatic heterocycles. The Balaban J connectivity index is 2.06. The van der Waals surface area contributed by atoms with E-state index in [1.165, 1.54) is 6.07 Å². The molecule has 0 radical (unpaired) electrons. The van der Waals surface area contributed by atoms with Gasteiger partial charge in [-0.05, 0) is 44.4 Å². The van der Waals surface area contributed by atoms with Gasteiger partial charge in [-0.1, -0.05) is 17.7 Å². The second kappa shape index (κ2) is 7.31. The summed E-state index contributed by atoms with van der Waals surface area (Å²) in [5.74, 6) is -0.515. The predicted molar refractivity (Wildman–Crippen MR) is 84.8 cm³/mol. The van der Waals surface area contributed by atoms with Crippen LogP contribution in [0.3, 0.4) is 0 Å². The minimum atomic E-state index is -0.643. The van der Waals surface area contributed by atoms with Crippen molar-refractivity contribution in [3.8, 4) is 5.75 Å². The molecule has 1 aromatic carbocycles. The van der Waals surface area contributed by atoms with E-state index in [0.29, 0.717) is 11.6 Å². The Kier molecular flexibility index (Phi) is 5.44. The maximum atomic E-state index is 12.3. The molecule has 0 bridgehead atoms. The lowest BCUT2D eigenvalue weighted by Crippen LogP contribution is -2.34. The Morgan fingerprint density at radius 3 is 2.77 bits per heavy atom. The van der Waals surface area contributed by atoms with Crippen LogP contribution in [0.25, 0.3) is 0 Å². The summed E-state index contributed by atoms with van der Waals surface area (Å²) in [6, 6.07) is 4.56. The molecule has 1 aliphatic carbocycles. The average Bonchev–Trinajstić information content (AvgIpc) is 3.00. The van der Waals surface area contributed by atoms with Gasteiger partial charge in [0.05, 0.1) is 5.56 Å². The zero-order chi connectivity index (χ0) is 16.1. The molecular weight excluding hydrogens is 304 g/mol. The number of amides is 2. The lowest BCUT2D eigenvalue weighted by atomic mass is 10.2. The summed E-state index contributed by atoms with van der Waals surface area (Å²) in [7, 11) is 0. The molecule has 0 atom stereocenters. The predicted octanol–water partition coefficient (Wildman–Crippen LogP) is 2.73. The first kappa shape index (κ1) is 16.4. The highest BCUT2D eigenvalue weighted by Gasteiger charge is 2.20. The first-order valence-electron chi connectivity index (χ1n) is 7.24. The topological polar surface area (TPSA) is 72.6 Å². The summed E-state index contributed by atoms with van der Waals surface area (Å²) in [5.41, 5.74) is 6.51. The van der Waals surface area contributed by atoms with Crippen molar-refractivity contribution in [2.24, 2.45) is 5.73 Å². The van der Waals surface area contributed by atoms with Crippen molar-refractivity contribution in [2.45, 2.75) is 26.2 Å². The number of likely N-dealkylation sites (N-methyl/N-ethyl adjacent to an activating group) is 1. The molecule has 0 spiro atoms. The van der Waals surface area contributed by atoms with Gasteiger partial charge in [0, 0.05) is 17.3 Å². The highest BCUT2D eigenvalue weighted by Crippen LogP contribution is 2.24. The number of benzene rings is 1. The minimum absolute atomic E-state index is 0.138. The van der Waals surface area contributed by atoms with E-state index in [1.54, 1.807) is 17.0 Å². The fourth-order valence-electron chi connectivity index (χ4n) is 2.48. The van der Waals surface area contributed by atoms with Crippen molar-refractivity contribution in [1.29, 1.82) is 0 Å². The average molecular weight is 323 g/mol. The molecular formula is C16H19ClN2O3. The van der Waals surface area contributed by atoms with Gasteiger partial charge in [0.25, 0.3) is 11.8 Å². The van der Waals surface area contributed by atoms with Crippen LogP contribution < -0.4 is 10.5 Å². The lowest BCUT2D eigenvalue weighted by molar-refractivity contribution is -0.131. The van der Waals surface area contributed by atoms with Crippen molar-refractivity contribution in [3.63, 3.8) is 0 Å². The third kappa shape index (κ3) is 3.80. The second-order valence-corrected chi connectivity index (χ2v) is 5.46. The number of rotatable bonds is 6. The monoisotopic (exact) mass is 322 g/mol. The third-order valence-corrected chi connectivity index (χ3v) is 3.77. The number of hydrogen-bond acceptors (Lipinski definition) is 3. The van der Waals surface area contributed by atoms with Gasteiger partial charge in [-0.2, -0.15) is 0 Å². The summed E-state index contributed by atoms with van der Waals surface area (Å²) in [6.45, 7) is 2.37. The second-order valence-electron chi connectivity index (χ2n) is 5.02. The number of carbonyl (C=O) groups is 2. The molecule has 22 heavy (non-hydrogen) atoms. The number of carbonyl (C=O) groups excluding carboxylic acids is 2. The number of halogens is 1. The van der Waals surface area contributed by atoms with Crippen molar-refractivity contribution in [3.05, 3.63) is 40.6 Å². The van der Waals surface area contributed by atoms with E-state index in [-0.39, 0.29) is 23.8 Å². The van der Waals surface area contributed by atoms with Gasteiger partial charge in [0.15, 0.2) is 6.61 Å². The molecule has 0 aliphatic heterocycles. The quantitative estimate of drug-likeness (QED) is 0.875. The Hall–Kier alpha value is -2.01. The Bertz CT molecular complexity index is 613. The SMILES string of the molecule is CCN(C(=O)COc1ccc(Cl)cc1C(N)=O)C1=CCCC1. The molecule has 2 amide bonds. The van der Waals surface area contributed by atoms with Crippen molar-refractivity contribution in [1.82, 2.24) is 4.90 Å². The van der Waals surface area contributed by atoms with E-state index in [4.69, 9.17) is 22.1 Å². The molecule has 2 rings (SSSR count). The maximum Gasteiger partial charge on any atom is 0.264 e. The van der Waals surface area contributed by atoms with Gasteiger partial charge in [-0.3, -0.25) is 9.59 Å². The van der Waals surface area contributed by atoms with E-state index in [9.17, 15) is 9.59 Å². The van der Waals surface area contributed by atoms with Gasteiger partial charge in [0.1, 0.15) is 5.75 Å². The van der Waals surface area contributed by atoms with Gasteiger partial charge >= 0.3 is 0 Å². The number of nitrogens with two attached hydrogens (primary N) is 1. The number of primary amides is 1. The van der Waals surface area contributed by atoms with Crippen LogP contribution in [0.15, 0.2) is 30.0 Å². The summed E-state index contributed by atoms with van der Waals surface area (Å²) >= 11 is 5.84.